The standard InChI is InChI=1S/C18H19N3O4/c22-18(23)20-10-8-15(9-11-20)19-16-12-14(6-7-17(16)21(24)25)13-4-2-1-3-5-13/h1-7,12,15,19H,8-11H2,(H,22,23). The van der Waals surface area contributed by atoms with Crippen molar-refractivity contribution in [2.75, 3.05) is 18.4 Å². The fourth-order valence-corrected chi connectivity index (χ4v) is 3.06. The van der Waals surface area contributed by atoms with Crippen LogP contribution in [0.2, 0.25) is 0 Å². The Kier molecular flexibility index (Phi) is 4.83. The van der Waals surface area contributed by atoms with Crippen LogP contribution in [0.25, 0.3) is 11.1 Å². The molecule has 130 valence electrons. The number of carboxylic acid groups (broad SMARTS) is 1. The molecule has 2 N–H and O–H groups in total. The molecule has 0 unspecified atom stereocenters. The molecule has 1 amide bonds. The normalized spacial score (nSPS) is 15.0. The molecule has 0 radical (unpaired) electrons. The monoisotopic (exact) mass is 341 g/mol. The molecule has 7 nitrogen and oxygen atoms in total. The van der Waals surface area contributed by atoms with Crippen LogP contribution < -0.4 is 5.32 Å². The second-order valence-electron chi connectivity index (χ2n) is 6.04. The van der Waals surface area contributed by atoms with Crippen molar-refractivity contribution in [3.63, 3.8) is 0 Å². The number of carbonyl (C=O) groups is 1. The van der Waals surface area contributed by atoms with Gasteiger partial charge in [0.1, 0.15) is 5.69 Å². The zero-order valence-corrected chi connectivity index (χ0v) is 13.6. The van der Waals surface area contributed by atoms with Crippen LogP contribution in [-0.4, -0.2) is 40.2 Å². The summed E-state index contributed by atoms with van der Waals surface area (Å²) in [7, 11) is 0. The molecule has 1 saturated heterocycles. The highest BCUT2D eigenvalue weighted by Gasteiger charge is 2.24. The van der Waals surface area contributed by atoms with Gasteiger partial charge in [-0.1, -0.05) is 30.3 Å². The molecular formula is C18H19N3O4. The maximum atomic E-state index is 11.3. The van der Waals surface area contributed by atoms with Gasteiger partial charge in [-0.05, 0) is 36.1 Å². The predicted octanol–water partition coefficient (Wildman–Crippen LogP) is 3.82. The molecule has 0 bridgehead atoms. The fourth-order valence-electron chi connectivity index (χ4n) is 3.06. The van der Waals surface area contributed by atoms with Crippen LogP contribution in [0.5, 0.6) is 0 Å². The van der Waals surface area contributed by atoms with E-state index in [0.29, 0.717) is 31.6 Å². The summed E-state index contributed by atoms with van der Waals surface area (Å²) in [6.07, 6.45) is 0.327. The lowest BCUT2D eigenvalue weighted by Crippen LogP contribution is -2.41. The van der Waals surface area contributed by atoms with Crippen molar-refractivity contribution >= 4 is 17.5 Å². The number of likely N-dealkylation sites (tertiary alicyclic amines) is 1. The van der Waals surface area contributed by atoms with Crippen molar-refractivity contribution in [3.8, 4) is 11.1 Å². The predicted molar refractivity (Wildman–Crippen MR) is 94.8 cm³/mol. The van der Waals surface area contributed by atoms with Crippen molar-refractivity contribution in [2.45, 2.75) is 18.9 Å². The van der Waals surface area contributed by atoms with Crippen LogP contribution in [0.3, 0.4) is 0 Å². The number of amides is 1. The van der Waals surface area contributed by atoms with Crippen LogP contribution in [0, 0.1) is 10.1 Å². The first-order chi connectivity index (χ1) is 12.0. The molecule has 2 aromatic carbocycles. The SMILES string of the molecule is O=C(O)N1CCC(Nc2cc(-c3ccccc3)ccc2[N+](=O)[O-])CC1. The van der Waals surface area contributed by atoms with E-state index in [1.54, 1.807) is 12.1 Å². The number of hydrogen-bond acceptors (Lipinski definition) is 4. The lowest BCUT2D eigenvalue weighted by molar-refractivity contribution is -0.384. The Bertz CT molecular complexity index is 771. The summed E-state index contributed by atoms with van der Waals surface area (Å²) in [4.78, 5) is 23.3. The summed E-state index contributed by atoms with van der Waals surface area (Å²) in [5.41, 5.74) is 2.39. The minimum absolute atomic E-state index is 0.0142. The average molecular weight is 341 g/mol. The van der Waals surface area contributed by atoms with E-state index in [2.05, 4.69) is 5.32 Å². The molecule has 0 spiro atoms. The Balaban J connectivity index is 1.81. The Morgan fingerprint density at radius 1 is 1.12 bits per heavy atom. The summed E-state index contributed by atoms with van der Waals surface area (Å²) < 4.78 is 0. The van der Waals surface area contributed by atoms with Crippen LogP contribution in [0.4, 0.5) is 16.2 Å². The van der Waals surface area contributed by atoms with Gasteiger partial charge in [-0.25, -0.2) is 4.79 Å². The molecule has 3 rings (SSSR count). The number of anilines is 1. The second-order valence-corrected chi connectivity index (χ2v) is 6.04. The Morgan fingerprint density at radius 3 is 2.40 bits per heavy atom. The van der Waals surface area contributed by atoms with E-state index < -0.39 is 11.0 Å². The molecule has 0 atom stereocenters. The number of nitro benzene ring substituents is 1. The molecule has 0 aliphatic carbocycles. The van der Waals surface area contributed by atoms with E-state index in [9.17, 15) is 14.9 Å². The van der Waals surface area contributed by atoms with E-state index in [0.717, 1.165) is 11.1 Å². The summed E-state index contributed by atoms with van der Waals surface area (Å²) in [6.45, 7) is 0.859. The highest BCUT2D eigenvalue weighted by molar-refractivity contribution is 5.74. The van der Waals surface area contributed by atoms with Crippen molar-refractivity contribution < 1.29 is 14.8 Å². The number of nitrogens with zero attached hydrogens (tertiary/aromatic N) is 2. The highest BCUT2D eigenvalue weighted by atomic mass is 16.6. The quantitative estimate of drug-likeness (QED) is 0.651. The molecule has 1 aliphatic rings. The topological polar surface area (TPSA) is 95.7 Å². The first-order valence-corrected chi connectivity index (χ1v) is 8.13. The number of hydrogen-bond donors (Lipinski definition) is 2. The largest absolute Gasteiger partial charge is 0.465 e. The van der Waals surface area contributed by atoms with E-state index in [1.165, 1.54) is 11.0 Å². The third-order valence-electron chi connectivity index (χ3n) is 4.43. The number of nitro groups is 1. The van der Waals surface area contributed by atoms with Crippen molar-refractivity contribution in [1.29, 1.82) is 0 Å². The van der Waals surface area contributed by atoms with Gasteiger partial charge in [0.2, 0.25) is 0 Å². The molecule has 1 aliphatic heterocycles. The number of benzene rings is 2. The number of nitrogens with one attached hydrogen (secondary N) is 1. The van der Waals surface area contributed by atoms with Gasteiger partial charge in [0.05, 0.1) is 4.92 Å². The Morgan fingerprint density at radius 2 is 1.80 bits per heavy atom. The minimum atomic E-state index is -0.921. The van der Waals surface area contributed by atoms with Gasteiger partial charge in [-0.2, -0.15) is 0 Å². The molecule has 25 heavy (non-hydrogen) atoms. The molecule has 1 heterocycles. The van der Waals surface area contributed by atoms with Gasteiger partial charge in [0.25, 0.3) is 5.69 Å². The number of piperidine rings is 1. The van der Waals surface area contributed by atoms with E-state index in [4.69, 9.17) is 5.11 Å². The summed E-state index contributed by atoms with van der Waals surface area (Å²) in [5, 5.41) is 23.6. The maximum absolute atomic E-state index is 11.3. The molecule has 2 aromatic rings. The van der Waals surface area contributed by atoms with E-state index in [1.807, 2.05) is 30.3 Å². The van der Waals surface area contributed by atoms with Crippen molar-refractivity contribution in [2.24, 2.45) is 0 Å². The van der Waals surface area contributed by atoms with Gasteiger partial charge in [0, 0.05) is 25.2 Å². The molecule has 7 heteroatoms. The van der Waals surface area contributed by atoms with E-state index >= 15 is 0 Å². The van der Waals surface area contributed by atoms with Gasteiger partial charge < -0.3 is 15.3 Å². The molecule has 1 fully saturated rings. The van der Waals surface area contributed by atoms with Crippen LogP contribution in [0.15, 0.2) is 48.5 Å². The fraction of sp³-hybridized carbons (Fsp3) is 0.278. The summed E-state index contributed by atoms with van der Waals surface area (Å²) >= 11 is 0. The maximum Gasteiger partial charge on any atom is 0.407 e. The zero-order valence-electron chi connectivity index (χ0n) is 13.6. The smallest absolute Gasteiger partial charge is 0.407 e. The Labute approximate surface area is 145 Å². The average Bonchev–Trinajstić information content (AvgIpc) is 2.62. The Hall–Kier alpha value is -3.09. The minimum Gasteiger partial charge on any atom is -0.465 e. The lowest BCUT2D eigenvalue weighted by Gasteiger charge is -2.31. The van der Waals surface area contributed by atoms with Crippen LogP contribution >= 0.6 is 0 Å². The third-order valence-corrected chi connectivity index (χ3v) is 4.43. The second kappa shape index (κ2) is 7.21. The molecular weight excluding hydrogens is 322 g/mol. The zero-order chi connectivity index (χ0) is 17.8. The molecule has 0 saturated carbocycles. The summed E-state index contributed by atoms with van der Waals surface area (Å²) in [5.74, 6) is 0. The van der Waals surface area contributed by atoms with Gasteiger partial charge in [-0.15, -0.1) is 0 Å². The summed E-state index contributed by atoms with van der Waals surface area (Å²) in [6, 6.07) is 14.7. The van der Waals surface area contributed by atoms with E-state index in [-0.39, 0.29) is 11.7 Å². The van der Waals surface area contributed by atoms with Crippen LogP contribution in [0.1, 0.15) is 12.8 Å². The first-order valence-electron chi connectivity index (χ1n) is 8.13. The lowest BCUT2D eigenvalue weighted by atomic mass is 10.0. The number of rotatable bonds is 4. The van der Waals surface area contributed by atoms with Crippen molar-refractivity contribution in [3.05, 3.63) is 58.6 Å². The van der Waals surface area contributed by atoms with Crippen molar-refractivity contribution in [1.82, 2.24) is 4.90 Å². The highest BCUT2D eigenvalue weighted by Crippen LogP contribution is 2.32. The molecule has 0 aromatic heterocycles. The van der Waals surface area contributed by atoms with Gasteiger partial charge >= 0.3 is 6.09 Å². The van der Waals surface area contributed by atoms with Gasteiger partial charge in [0.15, 0.2) is 0 Å². The van der Waals surface area contributed by atoms with Gasteiger partial charge in [-0.3, -0.25) is 10.1 Å². The first kappa shape index (κ1) is 16.8. The van der Waals surface area contributed by atoms with Crippen LogP contribution in [-0.2, 0) is 0 Å². The third kappa shape index (κ3) is 3.88.